The number of nitrogens with zero attached hydrogens (tertiary/aromatic N) is 1. The number of ether oxygens (including phenoxy) is 3. The summed E-state index contributed by atoms with van der Waals surface area (Å²) in [5, 5.41) is 17.3. The predicted molar refractivity (Wildman–Crippen MR) is 181 cm³/mol. The van der Waals surface area contributed by atoms with Crippen LogP contribution in [0, 0.1) is 5.92 Å². The molecule has 0 radical (unpaired) electrons. The van der Waals surface area contributed by atoms with Crippen LogP contribution in [0.5, 0.6) is 0 Å². The van der Waals surface area contributed by atoms with Crippen LogP contribution in [0.15, 0.2) is 91.0 Å². The van der Waals surface area contributed by atoms with Gasteiger partial charge in [0.2, 0.25) is 0 Å². The molecule has 3 N–H and O–H groups in total. The van der Waals surface area contributed by atoms with Crippen LogP contribution in [-0.2, 0) is 32.2 Å². The van der Waals surface area contributed by atoms with Crippen molar-refractivity contribution in [3.8, 4) is 0 Å². The lowest BCUT2D eigenvalue weighted by Crippen LogP contribution is -2.44. The number of carbonyl (C=O) groups is 2. The third-order valence-electron chi connectivity index (χ3n) is 8.91. The smallest absolute Gasteiger partial charge is 0.325 e. The van der Waals surface area contributed by atoms with Crippen LogP contribution in [-0.4, -0.2) is 54.9 Å². The van der Waals surface area contributed by atoms with Gasteiger partial charge >= 0.3 is 12.0 Å². The van der Waals surface area contributed by atoms with E-state index in [9.17, 15) is 14.7 Å². The molecule has 9 nitrogen and oxygen atoms in total. The Balaban J connectivity index is 1.29. The van der Waals surface area contributed by atoms with Crippen molar-refractivity contribution in [2.75, 3.05) is 26.7 Å². The largest absolute Gasteiger partial charge is 0.465 e. The quantitative estimate of drug-likeness (QED) is 0.159. The first kappa shape index (κ1) is 34.1. The van der Waals surface area contributed by atoms with E-state index >= 15 is 0 Å². The molecule has 5 rings (SSSR count). The maximum Gasteiger partial charge on any atom is 0.325 e. The van der Waals surface area contributed by atoms with E-state index < -0.39 is 18.3 Å². The molecule has 0 unspecified atom stereocenters. The van der Waals surface area contributed by atoms with Crippen LogP contribution >= 0.6 is 0 Å². The highest BCUT2D eigenvalue weighted by atomic mass is 16.7. The number of aliphatic hydroxyl groups excluding tert-OH is 1. The van der Waals surface area contributed by atoms with Crippen molar-refractivity contribution in [3.05, 3.63) is 119 Å². The Hall–Kier alpha value is -4.28. The summed E-state index contributed by atoms with van der Waals surface area (Å²) in [5.41, 5.74) is 4.90. The van der Waals surface area contributed by atoms with Gasteiger partial charge < -0.3 is 30.0 Å². The highest BCUT2D eigenvalue weighted by Gasteiger charge is 2.39. The van der Waals surface area contributed by atoms with Crippen molar-refractivity contribution in [1.29, 1.82) is 0 Å². The number of benzene rings is 4. The van der Waals surface area contributed by atoms with Gasteiger partial charge in [-0.05, 0) is 60.0 Å². The zero-order chi connectivity index (χ0) is 33.3. The van der Waals surface area contributed by atoms with Gasteiger partial charge in [0.25, 0.3) is 0 Å². The number of carbonyl (C=O) groups excluding carboxylic acids is 2. The fraction of sp³-hybridized carbons (Fsp3) is 0.368. The van der Waals surface area contributed by atoms with Crippen molar-refractivity contribution in [3.63, 3.8) is 0 Å². The van der Waals surface area contributed by atoms with Crippen LogP contribution < -0.4 is 10.6 Å². The number of amides is 2. The van der Waals surface area contributed by atoms with E-state index in [0.29, 0.717) is 6.54 Å². The number of urea groups is 1. The molecule has 1 aliphatic heterocycles. The summed E-state index contributed by atoms with van der Waals surface area (Å²) in [4.78, 5) is 25.9. The zero-order valence-corrected chi connectivity index (χ0v) is 27.5. The van der Waals surface area contributed by atoms with Crippen molar-refractivity contribution in [2.45, 2.75) is 58.5 Å². The molecule has 0 saturated carbocycles. The number of rotatable bonds is 12. The van der Waals surface area contributed by atoms with Gasteiger partial charge in [-0.25, -0.2) is 4.79 Å². The Morgan fingerprint density at radius 3 is 2.28 bits per heavy atom. The Morgan fingerprint density at radius 2 is 1.57 bits per heavy atom. The maximum atomic E-state index is 12.1. The lowest BCUT2D eigenvalue weighted by atomic mass is 9.89. The summed E-state index contributed by atoms with van der Waals surface area (Å²) in [6.45, 7) is 7.16. The molecule has 4 aromatic rings. The first-order valence-corrected chi connectivity index (χ1v) is 16.2. The average Bonchev–Trinajstić information content (AvgIpc) is 3.10. The summed E-state index contributed by atoms with van der Waals surface area (Å²) < 4.78 is 18.2. The molecule has 5 atom stereocenters. The second-order valence-electron chi connectivity index (χ2n) is 12.1. The summed E-state index contributed by atoms with van der Waals surface area (Å²) in [7, 11) is 2.14. The fourth-order valence-electron chi connectivity index (χ4n) is 5.89. The van der Waals surface area contributed by atoms with Gasteiger partial charge in [-0.3, -0.25) is 9.69 Å². The van der Waals surface area contributed by atoms with Gasteiger partial charge in [-0.15, -0.1) is 0 Å². The fourth-order valence-corrected chi connectivity index (χ4v) is 5.89. The number of likely N-dealkylation sites (N-methyl/N-ethyl adjacent to an activating group) is 1. The average molecular weight is 640 g/mol. The normalized spacial score (nSPS) is 20.1. The molecule has 1 aliphatic rings. The van der Waals surface area contributed by atoms with E-state index in [1.54, 1.807) is 6.92 Å². The molecule has 248 valence electrons. The van der Waals surface area contributed by atoms with Crippen LogP contribution in [0.25, 0.3) is 10.8 Å². The second-order valence-corrected chi connectivity index (χ2v) is 12.1. The first-order valence-electron chi connectivity index (χ1n) is 16.2. The zero-order valence-electron chi connectivity index (χ0n) is 27.5. The molecule has 4 aromatic carbocycles. The molecule has 2 amide bonds. The van der Waals surface area contributed by atoms with Crippen LogP contribution in [0.3, 0.4) is 0 Å². The van der Waals surface area contributed by atoms with Gasteiger partial charge in [0.15, 0.2) is 6.29 Å². The first-order chi connectivity index (χ1) is 22.7. The monoisotopic (exact) mass is 639 g/mol. The third-order valence-corrected chi connectivity index (χ3v) is 8.91. The van der Waals surface area contributed by atoms with Crippen molar-refractivity contribution >= 4 is 22.8 Å². The molecule has 0 bridgehead atoms. The minimum atomic E-state index is -0.599. The lowest BCUT2D eigenvalue weighted by molar-refractivity contribution is -0.276. The SMILES string of the molecule is CCOC(=O)CNC(=O)NCc1ccc([C@@H]2O[C@H](CN(C)[C@H](C)c3ccc4ccccc4c3)[C@H](C)[C@H](c3ccc(CO)cc3)O2)cc1. The summed E-state index contributed by atoms with van der Waals surface area (Å²) in [5.74, 6) is -0.432. The van der Waals surface area contributed by atoms with E-state index in [4.69, 9.17) is 14.2 Å². The molecule has 0 aromatic heterocycles. The van der Waals surface area contributed by atoms with E-state index in [0.717, 1.165) is 22.3 Å². The Morgan fingerprint density at radius 1 is 0.894 bits per heavy atom. The minimum Gasteiger partial charge on any atom is -0.465 e. The number of hydrogen-bond donors (Lipinski definition) is 3. The molecule has 47 heavy (non-hydrogen) atoms. The number of fused-ring (bicyclic) bond motifs is 1. The molecule has 0 spiro atoms. The summed E-state index contributed by atoms with van der Waals surface area (Å²) in [6.07, 6.45) is -0.952. The minimum absolute atomic E-state index is 0.0125. The summed E-state index contributed by atoms with van der Waals surface area (Å²) >= 11 is 0. The number of nitrogens with one attached hydrogen (secondary N) is 2. The standard InChI is InChI=1S/C38H45N3O6/c1-5-45-35(43)22-40-38(44)39-21-27-10-16-31(17-11-27)37-46-34(25(2)36(47-37)30-14-12-28(24-42)13-15-30)23-41(4)26(3)32-19-18-29-8-6-7-9-33(29)20-32/h6-20,25-26,34,36-37,42H,5,21-24H2,1-4H3,(H2,39,40,44)/t25-,26+,34+,36+,37+/m0/s1. The molecule has 1 heterocycles. The van der Waals surface area contributed by atoms with E-state index in [1.807, 2.05) is 48.5 Å². The van der Waals surface area contributed by atoms with Crippen molar-refractivity contribution in [2.24, 2.45) is 5.92 Å². The Labute approximate surface area is 276 Å². The van der Waals surface area contributed by atoms with Crippen molar-refractivity contribution in [1.82, 2.24) is 15.5 Å². The van der Waals surface area contributed by atoms with Crippen molar-refractivity contribution < 1.29 is 28.9 Å². The van der Waals surface area contributed by atoms with Gasteiger partial charge in [0.05, 0.1) is 25.4 Å². The number of esters is 1. The highest BCUT2D eigenvalue weighted by molar-refractivity contribution is 5.83. The van der Waals surface area contributed by atoms with Crippen LogP contribution in [0.1, 0.15) is 67.0 Å². The molecular weight excluding hydrogens is 594 g/mol. The molecular formula is C38H45N3O6. The molecule has 9 heteroatoms. The van der Waals surface area contributed by atoms with Gasteiger partial charge in [-0.1, -0.05) is 91.9 Å². The number of aliphatic hydroxyl groups is 1. The van der Waals surface area contributed by atoms with Gasteiger partial charge in [0.1, 0.15) is 6.54 Å². The van der Waals surface area contributed by atoms with Gasteiger partial charge in [-0.2, -0.15) is 0 Å². The van der Waals surface area contributed by atoms with E-state index in [1.165, 1.54) is 16.3 Å². The molecule has 1 saturated heterocycles. The van der Waals surface area contributed by atoms with Gasteiger partial charge in [0, 0.05) is 30.6 Å². The summed E-state index contributed by atoms with van der Waals surface area (Å²) in [6, 6.07) is 30.5. The van der Waals surface area contributed by atoms with Crippen LogP contribution in [0.4, 0.5) is 4.79 Å². The Bertz CT molecular complexity index is 1630. The highest BCUT2D eigenvalue weighted by Crippen LogP contribution is 2.42. The topological polar surface area (TPSA) is 109 Å². The van der Waals surface area contributed by atoms with E-state index in [2.05, 4.69) is 78.9 Å². The lowest BCUT2D eigenvalue weighted by Gasteiger charge is -2.43. The molecule has 1 fully saturated rings. The second kappa shape index (κ2) is 16.0. The maximum absolute atomic E-state index is 12.1. The number of hydrogen-bond acceptors (Lipinski definition) is 7. The predicted octanol–water partition coefficient (Wildman–Crippen LogP) is 6.18. The Kier molecular flexibility index (Phi) is 11.6. The van der Waals surface area contributed by atoms with E-state index in [-0.39, 0.29) is 50.5 Å². The van der Waals surface area contributed by atoms with Crippen LogP contribution in [0.2, 0.25) is 0 Å². The molecule has 0 aliphatic carbocycles. The third kappa shape index (κ3) is 8.75.